The Bertz CT molecular complexity index is 2320. The van der Waals surface area contributed by atoms with Gasteiger partial charge in [0.1, 0.15) is 0 Å². The van der Waals surface area contributed by atoms with Gasteiger partial charge in [0.2, 0.25) is 0 Å². The van der Waals surface area contributed by atoms with Crippen molar-refractivity contribution < 1.29 is 0 Å². The van der Waals surface area contributed by atoms with Crippen molar-refractivity contribution in [2.75, 3.05) is 0 Å². The number of hydrogen-bond donors (Lipinski definition) is 0. The SMILES string of the molecule is [C-]#[N+]c1cc(-c2cc(-c3ccccc3)cc(-c3cccc(-c4ccccc4)c3)c2)cc(-n2c3ccccc3c3ccccc32)c1. The molecule has 2 heteroatoms. The van der Waals surface area contributed by atoms with Crippen LogP contribution in [0.3, 0.4) is 0 Å². The van der Waals surface area contributed by atoms with Gasteiger partial charge in [-0.1, -0.05) is 115 Å². The van der Waals surface area contributed by atoms with Crippen molar-refractivity contribution in [1.82, 2.24) is 4.57 Å². The number of para-hydroxylation sites is 2. The van der Waals surface area contributed by atoms with Crippen LogP contribution in [0, 0.1) is 6.57 Å². The van der Waals surface area contributed by atoms with Gasteiger partial charge >= 0.3 is 0 Å². The van der Waals surface area contributed by atoms with E-state index in [0.717, 1.165) is 50.1 Å². The number of aromatic nitrogens is 1. The molecular weight excluding hydrogens is 544 g/mol. The van der Waals surface area contributed by atoms with Crippen LogP contribution in [-0.4, -0.2) is 4.57 Å². The summed E-state index contributed by atoms with van der Waals surface area (Å²) in [5, 5.41) is 2.41. The molecule has 0 fully saturated rings. The molecule has 0 unspecified atom stereocenters. The molecule has 210 valence electrons. The van der Waals surface area contributed by atoms with Gasteiger partial charge in [-0.05, 0) is 99.1 Å². The highest BCUT2D eigenvalue weighted by molar-refractivity contribution is 6.09. The van der Waals surface area contributed by atoms with Crippen molar-refractivity contribution in [3.05, 3.63) is 181 Å². The Hall–Kier alpha value is -6.17. The fraction of sp³-hybridized carbons (Fsp3) is 0. The maximum Gasteiger partial charge on any atom is 0.189 e. The second kappa shape index (κ2) is 11.2. The van der Waals surface area contributed by atoms with Crippen molar-refractivity contribution in [2.24, 2.45) is 0 Å². The number of fused-ring (bicyclic) bond motifs is 3. The van der Waals surface area contributed by atoms with Gasteiger partial charge in [-0.15, -0.1) is 0 Å². The zero-order chi connectivity index (χ0) is 30.2. The zero-order valence-corrected chi connectivity index (χ0v) is 24.6. The number of nitrogens with zero attached hydrogens (tertiary/aromatic N) is 2. The fourth-order valence-electron chi connectivity index (χ4n) is 6.42. The number of rotatable bonds is 5. The maximum absolute atomic E-state index is 8.03. The highest BCUT2D eigenvalue weighted by atomic mass is 15.0. The fourth-order valence-corrected chi connectivity index (χ4v) is 6.42. The molecule has 0 aliphatic carbocycles. The monoisotopic (exact) mass is 572 g/mol. The van der Waals surface area contributed by atoms with E-state index in [-0.39, 0.29) is 0 Å². The standard InChI is InChI=1S/C43H28N2/c1-44-38-27-37(28-39(29-38)45-42-21-10-8-19-40(42)41-20-9-11-22-43(41)45)36-25-34(31-15-6-3-7-16-31)24-35(26-36)33-18-12-17-32(23-33)30-13-4-2-5-14-30/h2-29H. The van der Waals surface area contributed by atoms with Crippen LogP contribution in [-0.2, 0) is 0 Å². The number of benzene rings is 7. The first kappa shape index (κ1) is 26.5. The van der Waals surface area contributed by atoms with E-state index in [2.05, 4.69) is 161 Å². The van der Waals surface area contributed by atoms with Crippen LogP contribution in [0.15, 0.2) is 170 Å². The quantitative estimate of drug-likeness (QED) is 0.181. The molecule has 0 spiro atoms. The van der Waals surface area contributed by atoms with Gasteiger partial charge in [0.25, 0.3) is 0 Å². The molecule has 8 rings (SSSR count). The minimum Gasteiger partial charge on any atom is -0.310 e. The van der Waals surface area contributed by atoms with Crippen LogP contribution in [0.25, 0.3) is 76.8 Å². The van der Waals surface area contributed by atoms with Gasteiger partial charge in [0.15, 0.2) is 5.69 Å². The van der Waals surface area contributed by atoms with E-state index in [1.165, 1.54) is 21.9 Å². The minimum atomic E-state index is 0.613. The average molecular weight is 573 g/mol. The Labute approximate surface area is 262 Å². The predicted octanol–water partition coefficient (Wildman–Crippen LogP) is 12.0. The molecule has 2 nitrogen and oxygen atoms in total. The van der Waals surface area contributed by atoms with Crippen LogP contribution in [0.4, 0.5) is 5.69 Å². The first-order valence-corrected chi connectivity index (χ1v) is 15.1. The molecule has 0 saturated heterocycles. The third-order valence-corrected chi connectivity index (χ3v) is 8.55. The summed E-state index contributed by atoms with van der Waals surface area (Å²) in [6.07, 6.45) is 0. The van der Waals surface area contributed by atoms with Gasteiger partial charge in [-0.3, -0.25) is 0 Å². The molecule has 7 aromatic carbocycles. The molecule has 1 aromatic heterocycles. The van der Waals surface area contributed by atoms with Crippen LogP contribution >= 0.6 is 0 Å². The summed E-state index contributed by atoms with van der Waals surface area (Å²) >= 11 is 0. The van der Waals surface area contributed by atoms with Crippen LogP contribution in [0.5, 0.6) is 0 Å². The molecular formula is C43H28N2. The van der Waals surface area contributed by atoms with Crippen LogP contribution < -0.4 is 0 Å². The lowest BCUT2D eigenvalue weighted by atomic mass is 9.92. The Balaban J connectivity index is 1.35. The third-order valence-electron chi connectivity index (χ3n) is 8.55. The smallest absolute Gasteiger partial charge is 0.189 e. The van der Waals surface area contributed by atoms with E-state index >= 15 is 0 Å². The average Bonchev–Trinajstić information content (AvgIpc) is 3.46. The highest BCUT2D eigenvalue weighted by Gasteiger charge is 2.15. The lowest BCUT2D eigenvalue weighted by Crippen LogP contribution is -1.95. The summed E-state index contributed by atoms with van der Waals surface area (Å²) in [7, 11) is 0. The van der Waals surface area contributed by atoms with Gasteiger partial charge in [-0.25, -0.2) is 4.85 Å². The lowest BCUT2D eigenvalue weighted by Gasteiger charge is -2.15. The molecule has 0 N–H and O–H groups in total. The molecule has 0 aliphatic heterocycles. The van der Waals surface area contributed by atoms with Gasteiger partial charge < -0.3 is 4.57 Å². The summed E-state index contributed by atoms with van der Waals surface area (Å²) in [5.41, 5.74) is 12.9. The molecule has 8 aromatic rings. The summed E-state index contributed by atoms with van der Waals surface area (Å²) in [6.45, 7) is 8.03. The third kappa shape index (κ3) is 4.87. The summed E-state index contributed by atoms with van der Waals surface area (Å²) in [4.78, 5) is 3.93. The van der Waals surface area contributed by atoms with Crippen LogP contribution in [0.2, 0.25) is 0 Å². The first-order valence-electron chi connectivity index (χ1n) is 15.1. The summed E-state index contributed by atoms with van der Waals surface area (Å²) < 4.78 is 2.29. The summed E-state index contributed by atoms with van der Waals surface area (Å²) in [5.74, 6) is 0. The maximum atomic E-state index is 8.03. The van der Waals surface area contributed by atoms with Gasteiger partial charge in [0.05, 0.1) is 17.6 Å². The van der Waals surface area contributed by atoms with Crippen molar-refractivity contribution in [3.8, 4) is 50.2 Å². The van der Waals surface area contributed by atoms with Crippen molar-refractivity contribution in [2.45, 2.75) is 0 Å². The van der Waals surface area contributed by atoms with Crippen LogP contribution in [0.1, 0.15) is 0 Å². The van der Waals surface area contributed by atoms with Gasteiger partial charge in [0, 0.05) is 16.5 Å². The second-order valence-corrected chi connectivity index (χ2v) is 11.3. The van der Waals surface area contributed by atoms with Gasteiger partial charge in [-0.2, -0.15) is 0 Å². The van der Waals surface area contributed by atoms with E-state index < -0.39 is 0 Å². The zero-order valence-electron chi connectivity index (χ0n) is 24.6. The topological polar surface area (TPSA) is 9.29 Å². The molecule has 0 saturated carbocycles. The number of hydrogen-bond acceptors (Lipinski definition) is 0. The largest absolute Gasteiger partial charge is 0.310 e. The van der Waals surface area contributed by atoms with E-state index in [4.69, 9.17) is 6.57 Å². The molecule has 1 heterocycles. The molecule has 0 atom stereocenters. The molecule has 0 aliphatic rings. The minimum absolute atomic E-state index is 0.613. The van der Waals surface area contributed by atoms with Crippen molar-refractivity contribution in [3.63, 3.8) is 0 Å². The predicted molar refractivity (Wildman–Crippen MR) is 189 cm³/mol. The van der Waals surface area contributed by atoms with E-state index in [1.54, 1.807) is 0 Å². The first-order chi connectivity index (χ1) is 22.2. The van der Waals surface area contributed by atoms with Crippen molar-refractivity contribution >= 4 is 27.5 Å². The summed E-state index contributed by atoms with van der Waals surface area (Å²) in [6, 6.07) is 59.8. The second-order valence-electron chi connectivity index (χ2n) is 11.3. The van der Waals surface area contributed by atoms with E-state index in [0.29, 0.717) is 5.69 Å². The van der Waals surface area contributed by atoms with Crippen molar-refractivity contribution in [1.29, 1.82) is 0 Å². The Kier molecular flexibility index (Phi) is 6.56. The highest BCUT2D eigenvalue weighted by Crippen LogP contribution is 2.38. The Morgan fingerprint density at radius 2 is 0.778 bits per heavy atom. The Morgan fingerprint density at radius 1 is 0.356 bits per heavy atom. The molecule has 0 amide bonds. The molecule has 45 heavy (non-hydrogen) atoms. The van der Waals surface area contributed by atoms with E-state index in [9.17, 15) is 0 Å². The normalized spacial score (nSPS) is 11.1. The molecule has 0 bridgehead atoms. The molecule has 0 radical (unpaired) electrons. The Morgan fingerprint density at radius 3 is 1.38 bits per heavy atom. The lowest BCUT2D eigenvalue weighted by molar-refractivity contribution is 1.18. The van der Waals surface area contributed by atoms with E-state index in [1.807, 2.05) is 18.2 Å².